The number of rotatable bonds is 5. The molecule has 3 rings (SSSR count). The van der Waals surface area contributed by atoms with Crippen LogP contribution in [0.1, 0.15) is 28.4 Å². The van der Waals surface area contributed by atoms with Gasteiger partial charge in [-0.25, -0.2) is 4.79 Å². The van der Waals surface area contributed by atoms with E-state index in [1.807, 2.05) is 25.1 Å². The van der Waals surface area contributed by atoms with Gasteiger partial charge in [0.2, 0.25) is 5.78 Å². The number of benzene rings is 2. The average molecular weight is 352 g/mol. The predicted octanol–water partition coefficient (Wildman–Crippen LogP) is 3.59. The smallest absolute Gasteiger partial charge is 0.331 e. The second-order valence-electron chi connectivity index (χ2n) is 6.05. The van der Waals surface area contributed by atoms with Crippen LogP contribution in [0.3, 0.4) is 0 Å². The van der Waals surface area contributed by atoms with Gasteiger partial charge in [0.05, 0.1) is 0 Å². The highest BCUT2D eigenvalue weighted by molar-refractivity contribution is 6.01. The minimum atomic E-state index is -0.852. The van der Waals surface area contributed by atoms with Gasteiger partial charge in [0.15, 0.2) is 17.6 Å². The molecule has 2 aromatic carbocycles. The molecule has 0 radical (unpaired) electrons. The molecule has 0 spiro atoms. The lowest BCUT2D eigenvalue weighted by molar-refractivity contribution is -0.140. The lowest BCUT2D eigenvalue weighted by Crippen LogP contribution is -2.23. The highest BCUT2D eigenvalue weighted by Crippen LogP contribution is 2.31. The second-order valence-corrected chi connectivity index (χ2v) is 6.05. The van der Waals surface area contributed by atoms with E-state index in [9.17, 15) is 9.59 Å². The topological polar surface area (TPSA) is 61.8 Å². The van der Waals surface area contributed by atoms with Gasteiger partial charge in [-0.3, -0.25) is 4.79 Å². The van der Waals surface area contributed by atoms with Crippen molar-refractivity contribution in [3.05, 3.63) is 65.2 Å². The van der Waals surface area contributed by atoms with Crippen molar-refractivity contribution in [2.24, 2.45) is 0 Å². The quantitative estimate of drug-likeness (QED) is 0.467. The molecule has 5 heteroatoms. The molecule has 0 aromatic heterocycles. The summed E-state index contributed by atoms with van der Waals surface area (Å²) in [5.74, 6) is 0.530. The number of ether oxygens (including phenoxy) is 3. The summed E-state index contributed by atoms with van der Waals surface area (Å²) in [5, 5.41) is 0. The normalized spacial score (nSPS) is 14.1. The maximum absolute atomic E-state index is 12.3. The number of fused-ring (bicyclic) bond motifs is 1. The zero-order valence-electron chi connectivity index (χ0n) is 14.7. The Kier molecular flexibility index (Phi) is 5.37. The van der Waals surface area contributed by atoms with Crippen LogP contribution in [0.4, 0.5) is 0 Å². The van der Waals surface area contributed by atoms with Crippen LogP contribution in [-0.2, 0) is 9.53 Å². The van der Waals surface area contributed by atoms with Crippen molar-refractivity contribution in [2.45, 2.75) is 20.0 Å². The molecule has 0 saturated heterocycles. The van der Waals surface area contributed by atoms with Gasteiger partial charge in [-0.05, 0) is 37.6 Å². The molecular formula is C21H20O5. The minimum Gasteiger partial charge on any atom is -0.486 e. The molecule has 26 heavy (non-hydrogen) atoms. The molecule has 5 nitrogen and oxygen atoms in total. The van der Waals surface area contributed by atoms with E-state index in [-0.39, 0.29) is 5.78 Å². The van der Waals surface area contributed by atoms with Crippen molar-refractivity contribution < 1.29 is 23.8 Å². The van der Waals surface area contributed by atoms with E-state index in [4.69, 9.17) is 14.2 Å². The number of Topliss-reactive ketones (excluding diaryl/α,β-unsaturated/α-hetero) is 1. The van der Waals surface area contributed by atoms with Crippen LogP contribution in [-0.4, -0.2) is 31.1 Å². The summed E-state index contributed by atoms with van der Waals surface area (Å²) in [6.07, 6.45) is 2.06. The van der Waals surface area contributed by atoms with Crippen molar-refractivity contribution in [3.8, 4) is 11.5 Å². The number of hydrogen-bond acceptors (Lipinski definition) is 5. The van der Waals surface area contributed by atoms with Crippen LogP contribution in [0.5, 0.6) is 11.5 Å². The Morgan fingerprint density at radius 1 is 1.04 bits per heavy atom. The highest BCUT2D eigenvalue weighted by Gasteiger charge is 2.18. The fraction of sp³-hybridized carbons (Fsp3) is 0.238. The Balaban J connectivity index is 1.60. The second kappa shape index (κ2) is 7.87. The Morgan fingerprint density at radius 3 is 2.46 bits per heavy atom. The maximum Gasteiger partial charge on any atom is 0.331 e. The standard InChI is InChI=1S/C21H20O5/c1-14-3-7-17(8-4-14)21(23)15(2)26-20(22)10-6-16-5-9-18-19(13-16)25-12-11-24-18/h3-10,13,15H,11-12H2,1-2H3/b10-6+/t15-/m1/s1. The summed E-state index contributed by atoms with van der Waals surface area (Å²) in [6, 6.07) is 12.6. The SMILES string of the molecule is Cc1ccc(C(=O)[C@@H](C)OC(=O)/C=C/c2ccc3c(c2)OCCO3)cc1. The Bertz CT molecular complexity index is 836. The van der Waals surface area contributed by atoms with Crippen LogP contribution in [0.2, 0.25) is 0 Å². The molecular weight excluding hydrogens is 332 g/mol. The van der Waals surface area contributed by atoms with Gasteiger partial charge in [0, 0.05) is 11.6 Å². The monoisotopic (exact) mass is 352 g/mol. The highest BCUT2D eigenvalue weighted by atomic mass is 16.6. The van der Waals surface area contributed by atoms with E-state index < -0.39 is 12.1 Å². The molecule has 2 aromatic rings. The molecule has 0 aliphatic carbocycles. The molecule has 1 atom stereocenters. The van der Waals surface area contributed by atoms with E-state index in [2.05, 4.69) is 0 Å². The lowest BCUT2D eigenvalue weighted by atomic mass is 10.1. The summed E-state index contributed by atoms with van der Waals surface area (Å²) in [4.78, 5) is 24.3. The zero-order chi connectivity index (χ0) is 18.5. The van der Waals surface area contributed by atoms with Crippen LogP contribution < -0.4 is 9.47 Å². The maximum atomic E-state index is 12.3. The van der Waals surface area contributed by atoms with Crippen LogP contribution >= 0.6 is 0 Å². The van der Waals surface area contributed by atoms with E-state index in [1.54, 1.807) is 37.3 Å². The van der Waals surface area contributed by atoms with Gasteiger partial charge in [0.25, 0.3) is 0 Å². The van der Waals surface area contributed by atoms with Gasteiger partial charge < -0.3 is 14.2 Å². The van der Waals surface area contributed by atoms with Gasteiger partial charge in [-0.15, -0.1) is 0 Å². The van der Waals surface area contributed by atoms with Crippen molar-refractivity contribution in [1.82, 2.24) is 0 Å². The van der Waals surface area contributed by atoms with E-state index >= 15 is 0 Å². The predicted molar refractivity (Wildman–Crippen MR) is 97.5 cm³/mol. The van der Waals surface area contributed by atoms with E-state index in [0.717, 1.165) is 11.1 Å². The van der Waals surface area contributed by atoms with Gasteiger partial charge >= 0.3 is 5.97 Å². The number of carbonyl (C=O) groups is 2. The first-order valence-electron chi connectivity index (χ1n) is 8.42. The average Bonchev–Trinajstić information content (AvgIpc) is 2.66. The number of carbonyl (C=O) groups excluding carboxylic acids is 2. The third-order valence-corrected chi connectivity index (χ3v) is 3.98. The summed E-state index contributed by atoms with van der Waals surface area (Å²) in [5.41, 5.74) is 2.36. The molecule has 1 aliphatic rings. The third-order valence-electron chi connectivity index (χ3n) is 3.98. The molecule has 0 unspecified atom stereocenters. The number of esters is 1. The summed E-state index contributed by atoms with van der Waals surface area (Å²) in [6.45, 7) is 4.54. The molecule has 134 valence electrons. The molecule has 1 heterocycles. The number of hydrogen-bond donors (Lipinski definition) is 0. The Labute approximate surface area is 152 Å². The first-order valence-corrected chi connectivity index (χ1v) is 8.42. The zero-order valence-corrected chi connectivity index (χ0v) is 14.7. The van der Waals surface area contributed by atoms with Crippen LogP contribution in [0, 0.1) is 6.92 Å². The van der Waals surface area contributed by atoms with Gasteiger partial charge in [0.1, 0.15) is 13.2 Å². The van der Waals surface area contributed by atoms with Crippen molar-refractivity contribution in [3.63, 3.8) is 0 Å². The fourth-order valence-corrected chi connectivity index (χ4v) is 2.55. The van der Waals surface area contributed by atoms with Gasteiger partial charge in [-0.2, -0.15) is 0 Å². The third kappa shape index (κ3) is 4.30. The number of aryl methyl sites for hydroxylation is 1. The van der Waals surface area contributed by atoms with Crippen LogP contribution in [0.15, 0.2) is 48.5 Å². The van der Waals surface area contributed by atoms with Crippen LogP contribution in [0.25, 0.3) is 6.08 Å². The first kappa shape index (κ1) is 17.7. The molecule has 0 fully saturated rings. The molecule has 0 N–H and O–H groups in total. The van der Waals surface area contributed by atoms with Crippen molar-refractivity contribution >= 4 is 17.8 Å². The summed E-state index contributed by atoms with van der Waals surface area (Å²) in [7, 11) is 0. The van der Waals surface area contributed by atoms with E-state index in [1.165, 1.54) is 6.08 Å². The summed E-state index contributed by atoms with van der Waals surface area (Å²) < 4.78 is 16.2. The Hall–Kier alpha value is -3.08. The molecule has 0 saturated carbocycles. The molecule has 0 amide bonds. The fourth-order valence-electron chi connectivity index (χ4n) is 2.55. The Morgan fingerprint density at radius 2 is 1.73 bits per heavy atom. The molecule has 1 aliphatic heterocycles. The van der Waals surface area contributed by atoms with E-state index in [0.29, 0.717) is 30.3 Å². The number of ketones is 1. The minimum absolute atomic E-state index is 0.230. The van der Waals surface area contributed by atoms with Gasteiger partial charge in [-0.1, -0.05) is 35.9 Å². The van der Waals surface area contributed by atoms with Crippen molar-refractivity contribution in [1.29, 1.82) is 0 Å². The largest absolute Gasteiger partial charge is 0.486 e. The first-order chi connectivity index (χ1) is 12.5. The van der Waals surface area contributed by atoms with Crippen molar-refractivity contribution in [2.75, 3.05) is 13.2 Å². The summed E-state index contributed by atoms with van der Waals surface area (Å²) >= 11 is 0. The lowest BCUT2D eigenvalue weighted by Gasteiger charge is -2.18. The molecule has 0 bridgehead atoms.